The number of aromatic nitrogens is 2. The molecular weight excluding hydrogens is 484 g/mol. The minimum atomic E-state index is -1.16. The number of nitrogens with zero attached hydrogens (tertiary/aromatic N) is 1. The van der Waals surface area contributed by atoms with E-state index in [9.17, 15) is 24.3 Å². The molecule has 5 unspecified atom stereocenters. The van der Waals surface area contributed by atoms with Crippen LogP contribution in [0.5, 0.6) is 0 Å². The van der Waals surface area contributed by atoms with Crippen molar-refractivity contribution in [2.45, 2.75) is 57.3 Å². The smallest absolute Gasteiger partial charge is 0.326 e. The summed E-state index contributed by atoms with van der Waals surface area (Å²) >= 11 is 4.17. The predicted octanol–water partition coefficient (Wildman–Crippen LogP) is 0.0371. The lowest BCUT2D eigenvalue weighted by Crippen LogP contribution is -2.58. The molecule has 196 valence electrons. The summed E-state index contributed by atoms with van der Waals surface area (Å²) in [6.45, 7) is 3.55. The van der Waals surface area contributed by atoms with Crippen molar-refractivity contribution >= 4 is 36.3 Å². The van der Waals surface area contributed by atoms with Crippen LogP contribution in [0.2, 0.25) is 0 Å². The second kappa shape index (κ2) is 14.2. The van der Waals surface area contributed by atoms with Gasteiger partial charge in [0.05, 0.1) is 12.4 Å². The first-order valence-electron chi connectivity index (χ1n) is 11.7. The van der Waals surface area contributed by atoms with E-state index in [0.29, 0.717) is 12.1 Å². The maximum absolute atomic E-state index is 13.1. The number of nitrogens with two attached hydrogens (primary N) is 1. The first-order valence-corrected chi connectivity index (χ1v) is 12.3. The quantitative estimate of drug-likeness (QED) is 0.172. The van der Waals surface area contributed by atoms with Crippen molar-refractivity contribution in [1.82, 2.24) is 25.9 Å². The number of benzene rings is 1. The van der Waals surface area contributed by atoms with Crippen LogP contribution in [-0.4, -0.2) is 68.7 Å². The number of aliphatic carboxylic acids is 1. The molecule has 0 spiro atoms. The number of H-pyrrole nitrogens is 1. The maximum atomic E-state index is 13.1. The molecule has 0 aliphatic carbocycles. The number of thiol groups is 1. The van der Waals surface area contributed by atoms with E-state index in [0.717, 1.165) is 5.56 Å². The predicted molar refractivity (Wildman–Crippen MR) is 137 cm³/mol. The molecule has 0 saturated carbocycles. The molecule has 36 heavy (non-hydrogen) atoms. The molecule has 0 aliphatic heterocycles. The van der Waals surface area contributed by atoms with E-state index in [1.807, 2.05) is 13.0 Å². The maximum Gasteiger partial charge on any atom is 0.326 e. The van der Waals surface area contributed by atoms with Gasteiger partial charge in [0, 0.05) is 30.5 Å². The highest BCUT2D eigenvalue weighted by Gasteiger charge is 2.31. The average Bonchev–Trinajstić information content (AvgIpc) is 3.37. The molecule has 0 saturated heterocycles. The Kier molecular flexibility index (Phi) is 11.4. The van der Waals surface area contributed by atoms with Crippen LogP contribution < -0.4 is 21.7 Å². The SMILES string of the molecule is CCC(C)C(NC(=O)C(Cc1ccccc1)NC(=O)C(CS)NC(=O)C(N)Cc1cnc[nH]1)C(=O)O. The Morgan fingerprint density at radius 1 is 1.03 bits per heavy atom. The van der Waals surface area contributed by atoms with Gasteiger partial charge < -0.3 is 31.8 Å². The van der Waals surface area contributed by atoms with Crippen LogP contribution in [0.25, 0.3) is 0 Å². The molecule has 2 rings (SSSR count). The third kappa shape index (κ3) is 8.68. The summed E-state index contributed by atoms with van der Waals surface area (Å²) < 4.78 is 0. The molecule has 0 bridgehead atoms. The molecule has 1 aromatic heterocycles. The van der Waals surface area contributed by atoms with Crippen molar-refractivity contribution in [3.8, 4) is 0 Å². The number of aromatic amines is 1. The highest BCUT2D eigenvalue weighted by Crippen LogP contribution is 2.10. The first kappa shape index (κ1) is 28.9. The van der Waals surface area contributed by atoms with Crippen LogP contribution in [-0.2, 0) is 32.0 Å². The molecule has 3 amide bonds. The van der Waals surface area contributed by atoms with Crippen molar-refractivity contribution in [2.75, 3.05) is 5.75 Å². The van der Waals surface area contributed by atoms with E-state index in [2.05, 4.69) is 38.5 Å². The fourth-order valence-electron chi connectivity index (χ4n) is 3.47. The second-order valence-electron chi connectivity index (χ2n) is 8.59. The number of carboxylic acid groups (broad SMARTS) is 1. The van der Waals surface area contributed by atoms with Crippen molar-refractivity contribution in [1.29, 1.82) is 0 Å². The Morgan fingerprint density at radius 2 is 1.67 bits per heavy atom. The molecule has 0 radical (unpaired) electrons. The van der Waals surface area contributed by atoms with Gasteiger partial charge in [-0.05, 0) is 11.5 Å². The zero-order chi connectivity index (χ0) is 26.7. The van der Waals surface area contributed by atoms with Crippen molar-refractivity contribution in [2.24, 2.45) is 11.7 Å². The molecule has 1 heterocycles. The summed E-state index contributed by atoms with van der Waals surface area (Å²) in [4.78, 5) is 57.2. The number of imidazole rings is 1. The van der Waals surface area contributed by atoms with Gasteiger partial charge in [-0.3, -0.25) is 14.4 Å². The number of hydrogen-bond donors (Lipinski definition) is 7. The molecule has 2 aromatic rings. The lowest BCUT2D eigenvalue weighted by atomic mass is 9.98. The van der Waals surface area contributed by atoms with E-state index in [1.54, 1.807) is 37.4 Å². The number of carbonyl (C=O) groups is 4. The van der Waals surface area contributed by atoms with E-state index < -0.39 is 47.9 Å². The van der Waals surface area contributed by atoms with Gasteiger partial charge in [-0.1, -0.05) is 50.6 Å². The minimum absolute atomic E-state index is 0.0430. The molecule has 12 heteroatoms. The molecule has 11 nitrogen and oxygen atoms in total. The van der Waals surface area contributed by atoms with Crippen LogP contribution in [0.1, 0.15) is 31.5 Å². The second-order valence-corrected chi connectivity index (χ2v) is 8.96. The summed E-state index contributed by atoms with van der Waals surface area (Å²) in [7, 11) is 0. The van der Waals surface area contributed by atoms with Crippen LogP contribution in [0.15, 0.2) is 42.9 Å². The van der Waals surface area contributed by atoms with Crippen LogP contribution in [0.3, 0.4) is 0 Å². The van der Waals surface area contributed by atoms with Crippen LogP contribution in [0.4, 0.5) is 0 Å². The fourth-order valence-corrected chi connectivity index (χ4v) is 3.72. The largest absolute Gasteiger partial charge is 0.480 e. The van der Waals surface area contributed by atoms with Gasteiger partial charge in [0.15, 0.2) is 0 Å². The lowest BCUT2D eigenvalue weighted by molar-refractivity contribution is -0.143. The van der Waals surface area contributed by atoms with Gasteiger partial charge in [-0.2, -0.15) is 12.6 Å². The summed E-state index contributed by atoms with van der Waals surface area (Å²) in [5, 5.41) is 17.3. The summed E-state index contributed by atoms with van der Waals surface area (Å²) in [5.41, 5.74) is 7.38. The van der Waals surface area contributed by atoms with Gasteiger partial charge in [0.25, 0.3) is 0 Å². The topological polar surface area (TPSA) is 179 Å². The zero-order valence-electron chi connectivity index (χ0n) is 20.3. The van der Waals surface area contributed by atoms with Gasteiger partial charge in [-0.25, -0.2) is 9.78 Å². The number of carbonyl (C=O) groups excluding carboxylic acids is 3. The molecule has 1 aromatic carbocycles. The normalized spacial score (nSPS) is 15.1. The number of amides is 3. The van der Waals surface area contributed by atoms with Crippen LogP contribution >= 0.6 is 12.6 Å². The van der Waals surface area contributed by atoms with E-state index in [1.165, 1.54) is 6.33 Å². The lowest BCUT2D eigenvalue weighted by Gasteiger charge is -2.26. The summed E-state index contributed by atoms with van der Waals surface area (Å²) in [6, 6.07) is 4.80. The Labute approximate surface area is 215 Å². The molecule has 5 atom stereocenters. The van der Waals surface area contributed by atoms with Gasteiger partial charge in [0.2, 0.25) is 17.7 Å². The van der Waals surface area contributed by atoms with Crippen molar-refractivity contribution in [3.05, 3.63) is 54.1 Å². The summed E-state index contributed by atoms with van der Waals surface area (Å²) in [6.07, 6.45) is 3.87. The Balaban J connectivity index is 2.13. The third-order valence-electron chi connectivity index (χ3n) is 5.84. The number of nitrogens with one attached hydrogen (secondary N) is 4. The van der Waals surface area contributed by atoms with Gasteiger partial charge >= 0.3 is 5.97 Å². The van der Waals surface area contributed by atoms with E-state index in [-0.39, 0.29) is 24.5 Å². The van der Waals surface area contributed by atoms with Gasteiger partial charge in [0.1, 0.15) is 18.1 Å². The summed E-state index contributed by atoms with van der Waals surface area (Å²) in [5.74, 6) is -3.36. The number of rotatable bonds is 14. The standard InChI is InChI=1S/C24H34N6O5S/c1-3-14(2)20(24(34)35)30-22(32)18(9-15-7-5-4-6-8-15)28-23(33)19(12-36)29-21(31)17(25)10-16-11-26-13-27-16/h4-8,11,13-14,17-20,36H,3,9-10,12,25H2,1-2H3,(H,26,27)(H,28,33)(H,29,31)(H,30,32)(H,34,35). The Morgan fingerprint density at radius 3 is 2.22 bits per heavy atom. The number of carboxylic acids is 1. The average molecular weight is 519 g/mol. The highest BCUT2D eigenvalue weighted by atomic mass is 32.1. The van der Waals surface area contributed by atoms with Gasteiger partial charge in [-0.15, -0.1) is 0 Å². The van der Waals surface area contributed by atoms with E-state index in [4.69, 9.17) is 5.73 Å². The molecule has 0 aliphatic rings. The highest BCUT2D eigenvalue weighted by molar-refractivity contribution is 7.80. The minimum Gasteiger partial charge on any atom is -0.480 e. The first-order chi connectivity index (χ1) is 17.2. The molecular formula is C24H34N6O5S. The Bertz CT molecular complexity index is 1000. The monoisotopic (exact) mass is 518 g/mol. The van der Waals surface area contributed by atoms with Crippen molar-refractivity contribution in [3.63, 3.8) is 0 Å². The van der Waals surface area contributed by atoms with Crippen molar-refractivity contribution < 1.29 is 24.3 Å². The number of hydrogen-bond acceptors (Lipinski definition) is 7. The third-order valence-corrected chi connectivity index (χ3v) is 6.20. The zero-order valence-corrected chi connectivity index (χ0v) is 21.2. The Hall–Kier alpha value is -3.38. The molecule has 7 N–H and O–H groups in total. The molecule has 0 fully saturated rings. The fraction of sp³-hybridized carbons (Fsp3) is 0.458. The van der Waals surface area contributed by atoms with E-state index >= 15 is 0 Å². The van der Waals surface area contributed by atoms with Crippen LogP contribution in [0, 0.1) is 5.92 Å².